The van der Waals surface area contributed by atoms with Crippen LogP contribution < -0.4 is 10.5 Å². The van der Waals surface area contributed by atoms with Crippen LogP contribution in [0.25, 0.3) is 0 Å². The van der Waals surface area contributed by atoms with Gasteiger partial charge in [-0.1, -0.05) is 27.7 Å². The van der Waals surface area contributed by atoms with Gasteiger partial charge in [-0.05, 0) is 29.7 Å². The summed E-state index contributed by atoms with van der Waals surface area (Å²) in [6, 6.07) is 1.66. The standard InChI is InChI=1S/C14H22N2O4/c1-8-10(15(17)18)6-9-11(12(8)16(19)20)14(4,5)7-13(9,2)3/h6,15-17,19H,7H2,1-5H3. The lowest BCUT2D eigenvalue weighted by molar-refractivity contribution is -0.996. The maximum absolute atomic E-state index is 11.7. The highest BCUT2D eigenvalue weighted by atomic mass is 16.8. The van der Waals surface area contributed by atoms with Crippen molar-refractivity contribution in [2.75, 3.05) is 0 Å². The summed E-state index contributed by atoms with van der Waals surface area (Å²) in [6.45, 7) is 9.69. The summed E-state index contributed by atoms with van der Waals surface area (Å²) < 4.78 is 0. The average Bonchev–Trinajstić information content (AvgIpc) is 2.42. The van der Waals surface area contributed by atoms with Crippen LogP contribution in [-0.4, -0.2) is 10.4 Å². The minimum absolute atomic E-state index is 0.0897. The Bertz CT molecular complexity index is 551. The molecule has 0 bridgehead atoms. The third-order valence-electron chi connectivity index (χ3n) is 4.32. The summed E-state index contributed by atoms with van der Waals surface area (Å²) in [5.74, 6) is 0. The fraction of sp³-hybridized carbons (Fsp3) is 0.571. The van der Waals surface area contributed by atoms with Crippen molar-refractivity contribution < 1.29 is 20.9 Å². The van der Waals surface area contributed by atoms with Gasteiger partial charge in [-0.15, -0.1) is 0 Å². The van der Waals surface area contributed by atoms with Gasteiger partial charge in [0.25, 0.3) is 0 Å². The van der Waals surface area contributed by atoms with E-state index in [0.717, 1.165) is 17.5 Å². The van der Waals surface area contributed by atoms with Gasteiger partial charge in [-0.3, -0.25) is 0 Å². The Morgan fingerprint density at radius 3 is 2.05 bits per heavy atom. The van der Waals surface area contributed by atoms with E-state index in [-0.39, 0.29) is 22.2 Å². The van der Waals surface area contributed by atoms with Gasteiger partial charge in [0.15, 0.2) is 11.4 Å². The molecule has 6 nitrogen and oxygen atoms in total. The summed E-state index contributed by atoms with van der Waals surface area (Å²) in [5.41, 5.74) is 1.74. The van der Waals surface area contributed by atoms with Gasteiger partial charge in [0.2, 0.25) is 0 Å². The summed E-state index contributed by atoms with van der Waals surface area (Å²) in [6.07, 6.45) is 0.804. The third kappa shape index (κ3) is 2.14. The molecular weight excluding hydrogens is 260 g/mol. The van der Waals surface area contributed by atoms with Crippen molar-refractivity contribution in [3.8, 4) is 0 Å². The molecule has 0 amide bonds. The number of nitrogens with one attached hydrogen (secondary N) is 2. The molecule has 20 heavy (non-hydrogen) atoms. The van der Waals surface area contributed by atoms with Crippen LogP contribution in [0.3, 0.4) is 0 Å². The Morgan fingerprint density at radius 1 is 1.05 bits per heavy atom. The molecule has 0 radical (unpaired) electrons. The number of fused-ring (bicyclic) bond motifs is 1. The predicted molar refractivity (Wildman–Crippen MR) is 73.4 cm³/mol. The highest BCUT2D eigenvalue weighted by Crippen LogP contribution is 2.52. The number of quaternary nitrogens is 2. The van der Waals surface area contributed by atoms with E-state index < -0.39 is 10.5 Å². The van der Waals surface area contributed by atoms with E-state index in [1.807, 2.05) is 27.7 Å². The van der Waals surface area contributed by atoms with Gasteiger partial charge in [0.1, 0.15) is 0 Å². The zero-order valence-corrected chi connectivity index (χ0v) is 12.5. The smallest absolute Gasteiger partial charge is 0.176 e. The van der Waals surface area contributed by atoms with Crippen molar-refractivity contribution in [1.29, 1.82) is 0 Å². The predicted octanol–water partition coefficient (Wildman–Crippen LogP) is 0.761. The second kappa shape index (κ2) is 4.49. The van der Waals surface area contributed by atoms with Gasteiger partial charge in [0, 0.05) is 11.6 Å². The van der Waals surface area contributed by atoms with Crippen LogP contribution in [0.15, 0.2) is 6.07 Å². The molecule has 0 saturated heterocycles. The topological polar surface area (TPSA) is 95.5 Å². The Hall–Kier alpha value is -1.02. The molecule has 0 saturated carbocycles. The van der Waals surface area contributed by atoms with Gasteiger partial charge >= 0.3 is 0 Å². The Kier molecular flexibility index (Phi) is 3.45. The van der Waals surface area contributed by atoms with E-state index in [1.54, 1.807) is 13.0 Å². The van der Waals surface area contributed by atoms with Gasteiger partial charge in [-0.2, -0.15) is 10.5 Å². The Labute approximate surface area is 118 Å². The molecule has 112 valence electrons. The molecule has 1 aromatic rings. The fourth-order valence-electron chi connectivity index (χ4n) is 3.80. The quantitative estimate of drug-likeness (QED) is 0.602. The van der Waals surface area contributed by atoms with Crippen molar-refractivity contribution in [1.82, 2.24) is 0 Å². The summed E-state index contributed by atoms with van der Waals surface area (Å²) in [7, 11) is 0. The molecule has 4 N–H and O–H groups in total. The maximum atomic E-state index is 11.7. The van der Waals surface area contributed by atoms with Gasteiger partial charge in [0.05, 0.1) is 5.56 Å². The van der Waals surface area contributed by atoms with Crippen molar-refractivity contribution in [3.63, 3.8) is 0 Å². The zero-order valence-electron chi connectivity index (χ0n) is 12.5. The number of hydrogen-bond acceptors (Lipinski definition) is 4. The summed E-state index contributed by atoms with van der Waals surface area (Å²) >= 11 is 0. The van der Waals surface area contributed by atoms with E-state index in [2.05, 4.69) is 0 Å². The van der Waals surface area contributed by atoms with Crippen LogP contribution >= 0.6 is 0 Å². The van der Waals surface area contributed by atoms with Crippen LogP contribution in [0.4, 0.5) is 11.4 Å². The van der Waals surface area contributed by atoms with E-state index >= 15 is 0 Å². The minimum Gasteiger partial charge on any atom is -0.595 e. The van der Waals surface area contributed by atoms with Crippen LogP contribution in [-0.2, 0) is 10.8 Å². The molecule has 1 aromatic carbocycles. The summed E-state index contributed by atoms with van der Waals surface area (Å²) in [5, 5.41) is 39.8. The van der Waals surface area contributed by atoms with Crippen molar-refractivity contribution in [2.45, 2.75) is 51.9 Å². The maximum Gasteiger partial charge on any atom is 0.176 e. The molecule has 2 unspecified atom stereocenters. The van der Waals surface area contributed by atoms with Crippen LogP contribution in [0.1, 0.15) is 50.8 Å². The lowest BCUT2D eigenvalue weighted by Crippen LogP contribution is -3.01. The second-order valence-corrected chi connectivity index (χ2v) is 6.90. The highest BCUT2D eigenvalue weighted by Gasteiger charge is 2.46. The van der Waals surface area contributed by atoms with Gasteiger partial charge in [-0.25, -0.2) is 10.4 Å². The van der Waals surface area contributed by atoms with E-state index in [4.69, 9.17) is 0 Å². The molecule has 6 heteroatoms. The van der Waals surface area contributed by atoms with Crippen molar-refractivity contribution in [2.24, 2.45) is 0 Å². The molecule has 2 atom stereocenters. The molecular formula is C14H22N2O4. The molecule has 0 aliphatic heterocycles. The average molecular weight is 282 g/mol. The number of rotatable bonds is 2. The SMILES string of the molecule is Cc1c([NH+]([O-])O)cc2c(c1[NH+]([O-])O)C(C)(C)CC2(C)C. The van der Waals surface area contributed by atoms with Crippen molar-refractivity contribution >= 4 is 11.4 Å². The van der Waals surface area contributed by atoms with E-state index in [1.165, 1.54) is 0 Å². The molecule has 1 aliphatic rings. The third-order valence-corrected chi connectivity index (χ3v) is 4.32. The second-order valence-electron chi connectivity index (χ2n) is 6.90. The molecule has 0 aromatic heterocycles. The molecule has 0 heterocycles. The molecule has 1 aliphatic carbocycles. The van der Waals surface area contributed by atoms with E-state index in [0.29, 0.717) is 5.56 Å². The minimum atomic E-state index is -1.08. The first-order chi connectivity index (χ1) is 8.99. The first-order valence-corrected chi connectivity index (χ1v) is 6.64. The molecule has 0 spiro atoms. The first kappa shape index (κ1) is 15.4. The first-order valence-electron chi connectivity index (χ1n) is 6.64. The normalized spacial score (nSPS) is 22.4. The Morgan fingerprint density at radius 2 is 1.60 bits per heavy atom. The Balaban J connectivity index is 2.88. The summed E-state index contributed by atoms with van der Waals surface area (Å²) in [4.78, 5) is 0. The fourth-order valence-corrected chi connectivity index (χ4v) is 3.80. The monoisotopic (exact) mass is 282 g/mol. The van der Waals surface area contributed by atoms with E-state index in [9.17, 15) is 20.8 Å². The number of hydrogen-bond donors (Lipinski definition) is 4. The zero-order chi connectivity index (χ0) is 15.5. The van der Waals surface area contributed by atoms with Gasteiger partial charge < -0.3 is 10.4 Å². The molecule has 2 rings (SSSR count). The molecule has 0 fully saturated rings. The lowest BCUT2D eigenvalue weighted by atomic mass is 9.81. The van der Waals surface area contributed by atoms with Crippen molar-refractivity contribution in [3.05, 3.63) is 33.2 Å². The largest absolute Gasteiger partial charge is 0.595 e. The van der Waals surface area contributed by atoms with Crippen LogP contribution in [0.5, 0.6) is 0 Å². The number of benzene rings is 1. The highest BCUT2D eigenvalue weighted by molar-refractivity contribution is 5.66. The lowest BCUT2D eigenvalue weighted by Gasteiger charge is -2.27. The van der Waals surface area contributed by atoms with Crippen LogP contribution in [0.2, 0.25) is 0 Å². The van der Waals surface area contributed by atoms with Crippen LogP contribution in [0, 0.1) is 17.3 Å².